The molecule has 2 atom stereocenters. The van der Waals surface area contributed by atoms with Crippen molar-refractivity contribution in [1.29, 1.82) is 0 Å². The summed E-state index contributed by atoms with van der Waals surface area (Å²) in [6.45, 7) is 4.21. The summed E-state index contributed by atoms with van der Waals surface area (Å²) in [4.78, 5) is 10.7. The second-order valence-electron chi connectivity index (χ2n) is 4.08. The zero-order valence-corrected chi connectivity index (χ0v) is 9.48. The fraction of sp³-hybridized carbons (Fsp3) is 0.667. The number of hydrogen-bond acceptors (Lipinski definition) is 2. The number of hydrogen-bond donors (Lipinski definition) is 0. The van der Waals surface area contributed by atoms with Gasteiger partial charge in [0.25, 0.3) is 0 Å². The van der Waals surface area contributed by atoms with Crippen molar-refractivity contribution in [2.75, 3.05) is 0 Å². The Kier molecular flexibility index (Phi) is 4.53. The van der Waals surface area contributed by atoms with Crippen LogP contribution in [0.4, 0.5) is 0 Å². The minimum absolute atomic E-state index is 0.120. The first-order valence-corrected chi connectivity index (χ1v) is 5.73. The summed E-state index contributed by atoms with van der Waals surface area (Å²) in [5.41, 5.74) is 0.401. The number of nitro groups is 1. The first kappa shape index (κ1) is 12.0. The van der Waals surface area contributed by atoms with Gasteiger partial charge in [-0.15, -0.1) is 0 Å². The normalized spacial score (nSPS) is 25.1. The van der Waals surface area contributed by atoms with Gasteiger partial charge in [0.05, 0.1) is 10.8 Å². The van der Waals surface area contributed by atoms with E-state index < -0.39 is 0 Å². The highest BCUT2D eigenvalue weighted by atomic mass is 16.6. The highest BCUT2D eigenvalue weighted by Gasteiger charge is 2.31. The molecule has 0 aromatic carbocycles. The number of nitrogens with zero attached hydrogens (tertiary/aromatic N) is 1. The minimum Gasteiger partial charge on any atom is -0.259 e. The van der Waals surface area contributed by atoms with E-state index in [1.165, 1.54) is 0 Å². The molecule has 0 aromatic rings. The molecule has 3 heteroatoms. The number of allylic oxidation sites excluding steroid dienone is 4. The first-order chi connectivity index (χ1) is 7.20. The van der Waals surface area contributed by atoms with Gasteiger partial charge < -0.3 is 0 Å². The topological polar surface area (TPSA) is 43.1 Å². The molecule has 0 heterocycles. The van der Waals surface area contributed by atoms with Gasteiger partial charge >= 0.3 is 0 Å². The molecular weight excluding hydrogens is 190 g/mol. The molecule has 1 rings (SSSR count). The first-order valence-electron chi connectivity index (χ1n) is 5.73. The molecule has 0 fully saturated rings. The van der Waals surface area contributed by atoms with E-state index in [1.807, 2.05) is 6.08 Å². The maximum atomic E-state index is 10.9. The van der Waals surface area contributed by atoms with E-state index in [0.29, 0.717) is 11.6 Å². The third-order valence-corrected chi connectivity index (χ3v) is 2.95. The molecule has 84 valence electrons. The molecule has 0 aromatic heterocycles. The second kappa shape index (κ2) is 5.69. The van der Waals surface area contributed by atoms with Gasteiger partial charge in [-0.2, -0.15) is 0 Å². The summed E-state index contributed by atoms with van der Waals surface area (Å²) >= 11 is 0. The van der Waals surface area contributed by atoms with Crippen LogP contribution in [0.3, 0.4) is 0 Å². The van der Waals surface area contributed by atoms with E-state index in [2.05, 4.69) is 19.9 Å². The van der Waals surface area contributed by atoms with Gasteiger partial charge in [0, 0.05) is 6.08 Å². The summed E-state index contributed by atoms with van der Waals surface area (Å²) in [6.07, 6.45) is 9.67. The lowest BCUT2D eigenvalue weighted by Crippen LogP contribution is -2.22. The molecule has 0 amide bonds. The minimum atomic E-state index is -0.216. The molecular formula is C12H19NO2. The SMILES string of the molecule is CCCC1C=CC=C([N+](=O)[O-])C1CCC. The van der Waals surface area contributed by atoms with Crippen molar-refractivity contribution >= 4 is 0 Å². The summed E-state index contributed by atoms with van der Waals surface area (Å²) in [5, 5.41) is 10.9. The van der Waals surface area contributed by atoms with Crippen LogP contribution in [-0.2, 0) is 0 Å². The Labute approximate surface area is 91.0 Å². The fourth-order valence-electron chi connectivity index (χ4n) is 2.27. The van der Waals surface area contributed by atoms with Gasteiger partial charge in [0.1, 0.15) is 0 Å². The molecule has 0 spiro atoms. The Morgan fingerprint density at radius 3 is 2.53 bits per heavy atom. The van der Waals surface area contributed by atoms with Crippen LogP contribution >= 0.6 is 0 Å². The van der Waals surface area contributed by atoms with Crippen molar-refractivity contribution in [2.45, 2.75) is 39.5 Å². The van der Waals surface area contributed by atoms with Crippen LogP contribution in [0.15, 0.2) is 23.9 Å². The van der Waals surface area contributed by atoms with Gasteiger partial charge in [-0.05, 0) is 18.8 Å². The zero-order valence-electron chi connectivity index (χ0n) is 9.48. The van der Waals surface area contributed by atoms with E-state index in [9.17, 15) is 10.1 Å². The maximum absolute atomic E-state index is 10.9. The van der Waals surface area contributed by atoms with Crippen LogP contribution in [0, 0.1) is 22.0 Å². The lowest BCUT2D eigenvalue weighted by Gasteiger charge is -2.23. The van der Waals surface area contributed by atoms with Crippen LogP contribution in [0.1, 0.15) is 39.5 Å². The second-order valence-corrected chi connectivity index (χ2v) is 4.08. The quantitative estimate of drug-likeness (QED) is 0.513. The lowest BCUT2D eigenvalue weighted by atomic mass is 9.80. The van der Waals surface area contributed by atoms with E-state index in [-0.39, 0.29) is 10.8 Å². The molecule has 3 nitrogen and oxygen atoms in total. The Hall–Kier alpha value is -1.12. The van der Waals surface area contributed by atoms with Gasteiger partial charge in [-0.3, -0.25) is 10.1 Å². The molecule has 0 radical (unpaired) electrons. The van der Waals surface area contributed by atoms with Crippen LogP contribution in [0.25, 0.3) is 0 Å². The van der Waals surface area contributed by atoms with E-state index in [1.54, 1.807) is 6.08 Å². The van der Waals surface area contributed by atoms with Gasteiger partial charge in [-0.1, -0.05) is 38.8 Å². The van der Waals surface area contributed by atoms with Crippen molar-refractivity contribution < 1.29 is 4.92 Å². The summed E-state index contributed by atoms with van der Waals surface area (Å²) in [7, 11) is 0. The molecule has 0 bridgehead atoms. The van der Waals surface area contributed by atoms with Crippen molar-refractivity contribution in [3.8, 4) is 0 Å². The highest BCUT2D eigenvalue weighted by molar-refractivity contribution is 5.18. The van der Waals surface area contributed by atoms with Crippen molar-refractivity contribution in [1.82, 2.24) is 0 Å². The number of rotatable bonds is 5. The van der Waals surface area contributed by atoms with Crippen LogP contribution in [0.2, 0.25) is 0 Å². The molecule has 1 aliphatic rings. The maximum Gasteiger partial charge on any atom is 0.249 e. The largest absolute Gasteiger partial charge is 0.259 e. The summed E-state index contributed by atoms with van der Waals surface area (Å²) in [5.74, 6) is 0.482. The smallest absolute Gasteiger partial charge is 0.249 e. The molecule has 2 unspecified atom stereocenters. The summed E-state index contributed by atoms with van der Waals surface area (Å²) < 4.78 is 0. The Balaban J connectivity index is 2.81. The molecule has 0 N–H and O–H groups in total. The van der Waals surface area contributed by atoms with E-state index in [4.69, 9.17) is 0 Å². The molecule has 1 aliphatic carbocycles. The lowest BCUT2D eigenvalue weighted by molar-refractivity contribution is -0.435. The molecule has 0 saturated carbocycles. The predicted octanol–water partition coefficient (Wildman–Crippen LogP) is 3.55. The van der Waals surface area contributed by atoms with Crippen molar-refractivity contribution in [2.24, 2.45) is 11.8 Å². The Bertz CT molecular complexity index is 281. The highest BCUT2D eigenvalue weighted by Crippen LogP contribution is 2.33. The Morgan fingerprint density at radius 2 is 2.00 bits per heavy atom. The van der Waals surface area contributed by atoms with Crippen molar-refractivity contribution in [3.63, 3.8) is 0 Å². The van der Waals surface area contributed by atoms with Gasteiger partial charge in [0.15, 0.2) is 0 Å². The molecule has 0 saturated heterocycles. The van der Waals surface area contributed by atoms with E-state index >= 15 is 0 Å². The monoisotopic (exact) mass is 209 g/mol. The van der Waals surface area contributed by atoms with Crippen LogP contribution in [-0.4, -0.2) is 4.92 Å². The Morgan fingerprint density at radius 1 is 1.33 bits per heavy atom. The van der Waals surface area contributed by atoms with Gasteiger partial charge in [-0.25, -0.2) is 0 Å². The standard InChI is InChI=1S/C12H19NO2/c1-3-6-10-8-5-9-12(13(14)15)11(10)7-4-2/h5,8-11H,3-4,6-7H2,1-2H3. The third-order valence-electron chi connectivity index (χ3n) is 2.95. The van der Waals surface area contributed by atoms with E-state index in [0.717, 1.165) is 25.7 Å². The summed E-state index contributed by atoms with van der Waals surface area (Å²) in [6, 6.07) is 0. The van der Waals surface area contributed by atoms with Crippen LogP contribution in [0.5, 0.6) is 0 Å². The molecule has 0 aliphatic heterocycles. The third kappa shape index (κ3) is 2.91. The predicted molar refractivity (Wildman–Crippen MR) is 61.0 cm³/mol. The fourth-order valence-corrected chi connectivity index (χ4v) is 2.27. The average molecular weight is 209 g/mol. The average Bonchev–Trinajstić information content (AvgIpc) is 2.21. The van der Waals surface area contributed by atoms with Crippen LogP contribution < -0.4 is 0 Å². The zero-order chi connectivity index (χ0) is 11.3. The molecule has 15 heavy (non-hydrogen) atoms. The van der Waals surface area contributed by atoms with Gasteiger partial charge in [0.2, 0.25) is 5.70 Å². The van der Waals surface area contributed by atoms with Crippen molar-refractivity contribution in [3.05, 3.63) is 34.0 Å².